The first-order valence-electron chi connectivity index (χ1n) is 14.8. The number of carbonyl (C=O) groups excluding carboxylic acids is 1. The maximum Gasteiger partial charge on any atom is 0.336 e. The Kier molecular flexibility index (Phi) is 23.6. The molecule has 0 aliphatic carbocycles. The van der Waals surface area contributed by atoms with E-state index in [-0.39, 0.29) is 5.91 Å². The van der Waals surface area contributed by atoms with Crippen molar-refractivity contribution in [2.45, 2.75) is 141 Å². The van der Waals surface area contributed by atoms with Gasteiger partial charge in [0.2, 0.25) is 0 Å². The van der Waals surface area contributed by atoms with E-state index in [2.05, 4.69) is 33.4 Å². The van der Waals surface area contributed by atoms with Crippen molar-refractivity contribution < 1.29 is 44.2 Å². The maximum atomic E-state index is 11.9. The SMILES string of the molecule is CCCCCCCCCCCCCCCCCC(=O)N[N+](C)(C)CCC.O=C(O)CC(O)(CC(=O)O)C(=O)O. The summed E-state index contributed by atoms with van der Waals surface area (Å²) < 4.78 is 0.605. The summed E-state index contributed by atoms with van der Waals surface area (Å²) in [6, 6.07) is 0. The molecule has 1 amide bonds. The topological polar surface area (TPSA) is 161 Å². The molecule has 0 unspecified atom stereocenters. The van der Waals surface area contributed by atoms with Crippen LogP contribution in [-0.4, -0.2) is 75.1 Å². The number of unbranched alkanes of at least 4 members (excludes halogenated alkanes) is 14. The Balaban J connectivity index is 0. The van der Waals surface area contributed by atoms with E-state index < -0.39 is 36.4 Å². The van der Waals surface area contributed by atoms with E-state index in [1.165, 1.54) is 89.9 Å². The lowest BCUT2D eigenvalue weighted by Gasteiger charge is -2.28. The molecule has 0 heterocycles. The summed E-state index contributed by atoms with van der Waals surface area (Å²) in [6.07, 6.45) is 20.0. The number of carbonyl (C=O) groups is 4. The van der Waals surface area contributed by atoms with Gasteiger partial charge in [-0.25, -0.2) is 14.8 Å². The average molecular weight is 562 g/mol. The molecule has 0 aromatic carbocycles. The van der Waals surface area contributed by atoms with Gasteiger partial charge in [-0.2, -0.15) is 0 Å². The van der Waals surface area contributed by atoms with E-state index in [1.807, 2.05) is 0 Å². The molecule has 0 aromatic heterocycles. The van der Waals surface area contributed by atoms with Crippen molar-refractivity contribution in [1.82, 2.24) is 5.43 Å². The standard InChI is InChI=1S/C23H48N2O.C6H8O7/c1-5-7-8-9-10-11-12-13-14-15-16-17-18-19-20-21-23(26)24-25(3,4)22-6-2;7-3(8)1-6(13,5(11)12)2-4(9)10/h5-22H2,1-4H3;13H,1-2H2,(H,7,8)(H,9,10)(H,11,12)/p+1. The van der Waals surface area contributed by atoms with E-state index in [0.29, 0.717) is 11.0 Å². The smallest absolute Gasteiger partial charge is 0.336 e. The number of carboxylic acids is 3. The molecule has 0 atom stereocenters. The van der Waals surface area contributed by atoms with Gasteiger partial charge >= 0.3 is 17.9 Å². The van der Waals surface area contributed by atoms with Crippen LogP contribution >= 0.6 is 0 Å². The first-order chi connectivity index (χ1) is 18.3. The van der Waals surface area contributed by atoms with Gasteiger partial charge in [0, 0.05) is 6.42 Å². The number of carboxylic acid groups (broad SMARTS) is 3. The molecular formula is C29H57N2O8+. The van der Waals surface area contributed by atoms with E-state index in [0.717, 1.165) is 19.4 Å². The van der Waals surface area contributed by atoms with Crippen molar-refractivity contribution in [2.75, 3.05) is 20.6 Å². The molecule has 10 nitrogen and oxygen atoms in total. The number of quaternary nitrogens is 1. The summed E-state index contributed by atoms with van der Waals surface area (Å²) >= 11 is 0. The van der Waals surface area contributed by atoms with Gasteiger partial charge in [0.15, 0.2) is 5.60 Å². The van der Waals surface area contributed by atoms with Crippen LogP contribution in [0.5, 0.6) is 0 Å². The zero-order chi connectivity index (χ0) is 30.2. The van der Waals surface area contributed by atoms with Crippen LogP contribution in [0.1, 0.15) is 136 Å². The van der Waals surface area contributed by atoms with Crippen LogP contribution in [0.15, 0.2) is 0 Å². The Hall–Kier alpha value is -2.20. The number of aliphatic hydroxyl groups is 1. The van der Waals surface area contributed by atoms with Gasteiger partial charge < -0.3 is 20.4 Å². The number of nitrogens with zero attached hydrogens (tertiary/aromatic N) is 1. The van der Waals surface area contributed by atoms with Crippen LogP contribution < -0.4 is 5.43 Å². The molecule has 230 valence electrons. The molecule has 10 heteroatoms. The van der Waals surface area contributed by atoms with Gasteiger partial charge in [-0.15, -0.1) is 0 Å². The highest BCUT2D eigenvalue weighted by molar-refractivity contribution is 5.88. The highest BCUT2D eigenvalue weighted by Crippen LogP contribution is 2.16. The highest BCUT2D eigenvalue weighted by Gasteiger charge is 2.40. The Labute approximate surface area is 235 Å². The summed E-state index contributed by atoms with van der Waals surface area (Å²) in [6.45, 7) is 5.43. The minimum Gasteiger partial charge on any atom is -0.481 e. The van der Waals surface area contributed by atoms with E-state index >= 15 is 0 Å². The number of aliphatic carboxylic acids is 3. The van der Waals surface area contributed by atoms with Crippen LogP contribution in [0, 0.1) is 0 Å². The fourth-order valence-electron chi connectivity index (χ4n) is 4.38. The Morgan fingerprint density at radius 1 is 0.615 bits per heavy atom. The predicted molar refractivity (Wildman–Crippen MR) is 152 cm³/mol. The second-order valence-electron chi connectivity index (χ2n) is 11.1. The molecule has 0 aliphatic heterocycles. The predicted octanol–water partition coefficient (Wildman–Crippen LogP) is 5.52. The lowest BCUT2D eigenvalue weighted by Crippen LogP contribution is -2.54. The quantitative estimate of drug-likeness (QED) is 0.0585. The van der Waals surface area contributed by atoms with Crippen LogP contribution in [0.25, 0.3) is 0 Å². The van der Waals surface area contributed by atoms with Crippen molar-refractivity contribution in [3.63, 3.8) is 0 Å². The van der Waals surface area contributed by atoms with E-state index in [4.69, 9.17) is 20.4 Å². The third-order valence-electron chi connectivity index (χ3n) is 6.50. The van der Waals surface area contributed by atoms with Gasteiger partial charge in [0.1, 0.15) is 6.54 Å². The highest BCUT2D eigenvalue weighted by atomic mass is 16.4. The molecule has 0 bridgehead atoms. The average Bonchev–Trinajstić information content (AvgIpc) is 2.80. The molecule has 0 saturated heterocycles. The van der Waals surface area contributed by atoms with Crippen molar-refractivity contribution in [3.05, 3.63) is 0 Å². The first-order valence-corrected chi connectivity index (χ1v) is 14.8. The monoisotopic (exact) mass is 561 g/mol. The second kappa shape index (κ2) is 23.7. The molecule has 39 heavy (non-hydrogen) atoms. The van der Waals surface area contributed by atoms with Crippen LogP contribution in [0.3, 0.4) is 0 Å². The Bertz CT molecular complexity index is 666. The number of hydrogen-bond donors (Lipinski definition) is 5. The van der Waals surface area contributed by atoms with E-state index in [1.54, 1.807) is 0 Å². The third-order valence-corrected chi connectivity index (χ3v) is 6.50. The van der Waals surface area contributed by atoms with E-state index in [9.17, 15) is 19.2 Å². The first kappa shape index (κ1) is 38.9. The number of rotatable bonds is 24. The molecule has 0 aliphatic rings. The summed E-state index contributed by atoms with van der Waals surface area (Å²) in [5, 5.41) is 33.8. The van der Waals surface area contributed by atoms with Crippen molar-refractivity contribution in [3.8, 4) is 0 Å². The van der Waals surface area contributed by atoms with Gasteiger partial charge in [-0.3, -0.25) is 14.4 Å². The molecule has 5 N–H and O–H groups in total. The molecule has 0 saturated carbocycles. The lowest BCUT2D eigenvalue weighted by atomic mass is 9.96. The minimum atomic E-state index is -2.74. The molecule has 0 radical (unpaired) electrons. The molecular weight excluding hydrogens is 504 g/mol. The normalized spacial score (nSPS) is 11.4. The fraction of sp³-hybridized carbons (Fsp3) is 0.862. The summed E-state index contributed by atoms with van der Waals surface area (Å²) in [7, 11) is 4.13. The van der Waals surface area contributed by atoms with Crippen molar-refractivity contribution in [2.24, 2.45) is 0 Å². The maximum absolute atomic E-state index is 11.9. The second-order valence-corrected chi connectivity index (χ2v) is 11.1. The zero-order valence-corrected chi connectivity index (χ0v) is 25.0. The van der Waals surface area contributed by atoms with Crippen molar-refractivity contribution >= 4 is 23.8 Å². The molecule has 0 fully saturated rings. The van der Waals surface area contributed by atoms with Gasteiger partial charge in [0.05, 0.1) is 26.9 Å². The molecule has 0 spiro atoms. The zero-order valence-electron chi connectivity index (χ0n) is 25.0. The van der Waals surface area contributed by atoms with Gasteiger partial charge in [-0.05, 0) is 12.8 Å². The minimum absolute atomic E-state index is 0.207. The lowest BCUT2D eigenvalue weighted by molar-refractivity contribution is -0.925. The third kappa shape index (κ3) is 25.8. The summed E-state index contributed by atoms with van der Waals surface area (Å²) in [4.78, 5) is 42.4. The number of nitrogens with one attached hydrogen (secondary N) is 1. The fourth-order valence-corrected chi connectivity index (χ4v) is 4.38. The molecule has 0 aromatic rings. The van der Waals surface area contributed by atoms with Crippen LogP contribution in [0.2, 0.25) is 0 Å². The number of amides is 1. The largest absolute Gasteiger partial charge is 0.481 e. The Morgan fingerprint density at radius 3 is 1.28 bits per heavy atom. The van der Waals surface area contributed by atoms with Crippen LogP contribution in [0.4, 0.5) is 0 Å². The van der Waals surface area contributed by atoms with Gasteiger partial charge in [0.25, 0.3) is 5.91 Å². The van der Waals surface area contributed by atoms with Crippen molar-refractivity contribution in [1.29, 1.82) is 0 Å². The number of hydrogen-bond acceptors (Lipinski definition) is 5. The Morgan fingerprint density at radius 2 is 0.974 bits per heavy atom. The summed E-state index contributed by atoms with van der Waals surface area (Å²) in [5.74, 6) is -4.81. The summed E-state index contributed by atoms with van der Waals surface area (Å²) in [5.41, 5.74) is 0.367. The molecule has 0 rings (SSSR count). The van der Waals surface area contributed by atoms with Gasteiger partial charge in [-0.1, -0.05) is 104 Å². The van der Waals surface area contributed by atoms with Crippen LogP contribution in [-0.2, 0) is 19.2 Å².